The van der Waals surface area contributed by atoms with Crippen LogP contribution in [0.2, 0.25) is 0 Å². The predicted molar refractivity (Wildman–Crippen MR) is 109 cm³/mol. The number of allylic oxidation sites excluding steroid dienone is 2. The molecular weight excluding hydrogens is 292 g/mol. The molecule has 2 nitrogen and oxygen atoms in total. The largest absolute Gasteiger partial charge is 0.361 e. The summed E-state index contributed by atoms with van der Waals surface area (Å²) >= 11 is 0. The lowest BCUT2D eigenvalue weighted by Crippen LogP contribution is -2.20. The van der Waals surface area contributed by atoms with Crippen LogP contribution in [0, 0.1) is 0 Å². The lowest BCUT2D eigenvalue weighted by molar-refractivity contribution is 0.439. The summed E-state index contributed by atoms with van der Waals surface area (Å²) in [6.07, 6.45) is 27.7. The maximum absolute atomic E-state index is 4.25. The maximum atomic E-state index is 4.25. The van der Waals surface area contributed by atoms with E-state index in [9.17, 15) is 0 Å². The van der Waals surface area contributed by atoms with Crippen molar-refractivity contribution in [2.75, 3.05) is 19.6 Å². The molecule has 0 aliphatic carbocycles. The van der Waals surface area contributed by atoms with Crippen molar-refractivity contribution in [1.29, 1.82) is 0 Å². The molecule has 1 rings (SSSR count). The molecule has 1 aliphatic heterocycles. The van der Waals surface area contributed by atoms with Gasteiger partial charge in [0.2, 0.25) is 0 Å². The van der Waals surface area contributed by atoms with Gasteiger partial charge in [-0.3, -0.25) is 4.99 Å². The number of unbranched alkanes of at least 4 members (excludes halogenated alkanes) is 13. The fourth-order valence-corrected chi connectivity index (χ4v) is 3.33. The summed E-state index contributed by atoms with van der Waals surface area (Å²) in [5, 5.41) is 0. The van der Waals surface area contributed by atoms with Gasteiger partial charge in [0.1, 0.15) is 0 Å². The fraction of sp³-hybridized carbons (Fsp3) is 0.864. The first-order chi connectivity index (χ1) is 11.9. The predicted octanol–water partition coefficient (Wildman–Crippen LogP) is 6.76. The van der Waals surface area contributed by atoms with Gasteiger partial charge in [0.25, 0.3) is 0 Å². The molecule has 0 aromatic rings. The lowest BCUT2D eigenvalue weighted by Gasteiger charge is -2.12. The molecule has 0 spiro atoms. The molecule has 0 amide bonds. The van der Waals surface area contributed by atoms with Crippen LogP contribution in [0.25, 0.3) is 0 Å². The summed E-state index contributed by atoms with van der Waals surface area (Å²) < 4.78 is 0. The van der Waals surface area contributed by atoms with Crippen LogP contribution >= 0.6 is 0 Å². The van der Waals surface area contributed by atoms with Crippen molar-refractivity contribution >= 4 is 6.34 Å². The Hall–Kier alpha value is -0.790. The zero-order chi connectivity index (χ0) is 17.1. The van der Waals surface area contributed by atoms with Crippen LogP contribution in [0.4, 0.5) is 0 Å². The van der Waals surface area contributed by atoms with Crippen molar-refractivity contribution < 1.29 is 0 Å². The molecule has 0 unspecified atom stereocenters. The maximum Gasteiger partial charge on any atom is 0.0851 e. The van der Waals surface area contributed by atoms with Gasteiger partial charge >= 0.3 is 0 Å². The van der Waals surface area contributed by atoms with E-state index in [1.807, 2.05) is 6.34 Å². The Morgan fingerprint density at radius 3 is 1.83 bits per heavy atom. The quantitative estimate of drug-likeness (QED) is 0.212. The molecule has 0 aromatic carbocycles. The highest BCUT2D eigenvalue weighted by Gasteiger charge is 2.03. The molecule has 140 valence electrons. The molecule has 1 aliphatic rings. The minimum absolute atomic E-state index is 1.01. The standard InChI is InChI=1S/C22H42N2/c1-2-3-4-5-6-7-8-9-10-11-12-13-14-15-16-17-18-20-24-21-19-23-22-24/h10-11,22H,2-9,12-21H2,1H3/b11-10-. The van der Waals surface area contributed by atoms with Gasteiger partial charge in [0.05, 0.1) is 12.9 Å². The van der Waals surface area contributed by atoms with Crippen molar-refractivity contribution in [2.45, 2.75) is 103 Å². The smallest absolute Gasteiger partial charge is 0.0851 e. The normalized spacial score (nSPS) is 14.3. The van der Waals surface area contributed by atoms with Crippen molar-refractivity contribution in [3.63, 3.8) is 0 Å². The molecule has 0 saturated heterocycles. The number of rotatable bonds is 17. The Bertz CT molecular complexity index is 309. The zero-order valence-electron chi connectivity index (χ0n) is 16.4. The summed E-state index contributed by atoms with van der Waals surface area (Å²) in [4.78, 5) is 6.61. The van der Waals surface area contributed by atoms with E-state index in [1.54, 1.807) is 0 Å². The van der Waals surface area contributed by atoms with E-state index >= 15 is 0 Å². The average molecular weight is 335 g/mol. The molecule has 0 atom stereocenters. The van der Waals surface area contributed by atoms with Gasteiger partial charge < -0.3 is 4.90 Å². The molecule has 2 heteroatoms. The lowest BCUT2D eigenvalue weighted by atomic mass is 10.1. The van der Waals surface area contributed by atoms with Gasteiger partial charge in [0, 0.05) is 13.1 Å². The number of aliphatic imine (C=N–C) groups is 1. The van der Waals surface area contributed by atoms with Gasteiger partial charge in [-0.25, -0.2) is 0 Å². The van der Waals surface area contributed by atoms with E-state index in [-0.39, 0.29) is 0 Å². The third-order valence-electron chi connectivity index (χ3n) is 4.97. The second-order valence-corrected chi connectivity index (χ2v) is 7.35. The van der Waals surface area contributed by atoms with E-state index in [1.165, 1.54) is 103 Å². The van der Waals surface area contributed by atoms with Gasteiger partial charge in [0.15, 0.2) is 0 Å². The SMILES string of the molecule is CCCCCCCCC/C=C\CCCCCCCCN1C=NCC1. The first kappa shape index (κ1) is 21.3. The first-order valence-corrected chi connectivity index (χ1v) is 10.8. The minimum atomic E-state index is 1.01. The molecule has 0 saturated carbocycles. The first-order valence-electron chi connectivity index (χ1n) is 10.8. The second kappa shape index (κ2) is 17.0. The van der Waals surface area contributed by atoms with E-state index in [0.717, 1.165) is 13.1 Å². The topological polar surface area (TPSA) is 15.6 Å². The monoisotopic (exact) mass is 334 g/mol. The van der Waals surface area contributed by atoms with Crippen LogP contribution in [0.5, 0.6) is 0 Å². The fourth-order valence-electron chi connectivity index (χ4n) is 3.33. The number of hydrogen-bond donors (Lipinski definition) is 0. The minimum Gasteiger partial charge on any atom is -0.361 e. The third-order valence-corrected chi connectivity index (χ3v) is 4.97. The number of nitrogens with zero attached hydrogens (tertiary/aromatic N) is 2. The highest BCUT2D eigenvalue weighted by Crippen LogP contribution is 2.10. The van der Waals surface area contributed by atoms with Gasteiger partial charge in [-0.2, -0.15) is 0 Å². The molecule has 0 aromatic heterocycles. The molecular formula is C22H42N2. The highest BCUT2D eigenvalue weighted by atomic mass is 15.2. The van der Waals surface area contributed by atoms with Gasteiger partial charge in [-0.1, -0.05) is 83.3 Å². The van der Waals surface area contributed by atoms with Crippen molar-refractivity contribution in [3.05, 3.63) is 12.2 Å². The Morgan fingerprint density at radius 2 is 1.29 bits per heavy atom. The Morgan fingerprint density at radius 1 is 0.750 bits per heavy atom. The van der Waals surface area contributed by atoms with E-state index < -0.39 is 0 Å². The van der Waals surface area contributed by atoms with Crippen LogP contribution in [0.3, 0.4) is 0 Å². The van der Waals surface area contributed by atoms with Crippen LogP contribution in [-0.4, -0.2) is 30.9 Å². The molecule has 0 N–H and O–H groups in total. The molecule has 24 heavy (non-hydrogen) atoms. The Labute approximate surface area is 151 Å². The van der Waals surface area contributed by atoms with Crippen molar-refractivity contribution in [1.82, 2.24) is 4.90 Å². The Balaban J connectivity index is 1.70. The van der Waals surface area contributed by atoms with Crippen molar-refractivity contribution in [3.8, 4) is 0 Å². The highest BCUT2D eigenvalue weighted by molar-refractivity contribution is 5.56. The zero-order valence-corrected chi connectivity index (χ0v) is 16.4. The van der Waals surface area contributed by atoms with Gasteiger partial charge in [-0.05, 0) is 32.1 Å². The molecule has 0 radical (unpaired) electrons. The van der Waals surface area contributed by atoms with Crippen molar-refractivity contribution in [2.24, 2.45) is 4.99 Å². The van der Waals surface area contributed by atoms with Crippen LogP contribution < -0.4 is 0 Å². The van der Waals surface area contributed by atoms with Crippen LogP contribution in [0.15, 0.2) is 17.1 Å². The molecule has 0 bridgehead atoms. The second-order valence-electron chi connectivity index (χ2n) is 7.35. The van der Waals surface area contributed by atoms with E-state index in [2.05, 4.69) is 29.0 Å². The molecule has 1 heterocycles. The summed E-state index contributed by atoms with van der Waals surface area (Å²) in [6.45, 7) is 5.65. The van der Waals surface area contributed by atoms with Gasteiger partial charge in [-0.15, -0.1) is 0 Å². The third kappa shape index (κ3) is 13.6. The summed E-state index contributed by atoms with van der Waals surface area (Å²) in [6, 6.07) is 0. The summed E-state index contributed by atoms with van der Waals surface area (Å²) in [5.74, 6) is 0. The van der Waals surface area contributed by atoms with E-state index in [4.69, 9.17) is 0 Å². The Kier molecular flexibility index (Phi) is 15.1. The van der Waals surface area contributed by atoms with Crippen LogP contribution in [0.1, 0.15) is 103 Å². The molecule has 0 fully saturated rings. The number of hydrogen-bond acceptors (Lipinski definition) is 2. The van der Waals surface area contributed by atoms with Crippen LogP contribution in [-0.2, 0) is 0 Å². The summed E-state index contributed by atoms with van der Waals surface area (Å²) in [5.41, 5.74) is 0. The average Bonchev–Trinajstić information content (AvgIpc) is 3.11. The summed E-state index contributed by atoms with van der Waals surface area (Å²) in [7, 11) is 0. The van der Waals surface area contributed by atoms with E-state index in [0.29, 0.717) is 0 Å².